The van der Waals surface area contributed by atoms with Crippen LogP contribution in [0.1, 0.15) is 34.6 Å². The van der Waals surface area contributed by atoms with Crippen molar-refractivity contribution in [2.45, 2.75) is 32.7 Å². The van der Waals surface area contributed by atoms with Gasteiger partial charge in [-0.05, 0) is 38.7 Å². The Labute approximate surface area is 121 Å². The van der Waals surface area contributed by atoms with E-state index in [4.69, 9.17) is 0 Å². The van der Waals surface area contributed by atoms with Gasteiger partial charge in [0.05, 0.1) is 6.20 Å². The molecule has 2 N–H and O–H groups in total. The van der Waals surface area contributed by atoms with E-state index in [1.807, 2.05) is 19.9 Å². The van der Waals surface area contributed by atoms with Gasteiger partial charge in [0.1, 0.15) is 11.6 Å². The van der Waals surface area contributed by atoms with Gasteiger partial charge in [-0.3, -0.25) is 4.79 Å². The predicted molar refractivity (Wildman–Crippen MR) is 74.1 cm³/mol. The summed E-state index contributed by atoms with van der Waals surface area (Å²) in [6.07, 6.45) is 3.10. The van der Waals surface area contributed by atoms with Gasteiger partial charge >= 0.3 is 5.97 Å². The highest BCUT2D eigenvalue weighted by Gasteiger charge is 2.37. The molecule has 0 saturated heterocycles. The molecule has 0 radical (unpaired) electrons. The molecular formula is C14H16N4O3. The lowest BCUT2D eigenvalue weighted by Crippen LogP contribution is -2.42. The summed E-state index contributed by atoms with van der Waals surface area (Å²) < 4.78 is 1.58. The molecule has 1 aliphatic rings. The van der Waals surface area contributed by atoms with Crippen LogP contribution in [0.5, 0.6) is 0 Å². The van der Waals surface area contributed by atoms with E-state index in [1.54, 1.807) is 4.52 Å². The smallest absolute Gasteiger partial charge is 0.326 e. The number of hydrogen-bond acceptors (Lipinski definition) is 4. The molecule has 2 aromatic rings. The molecule has 3 rings (SSSR count). The lowest BCUT2D eigenvalue weighted by Gasteiger charge is -2.12. The largest absolute Gasteiger partial charge is 0.480 e. The van der Waals surface area contributed by atoms with E-state index >= 15 is 0 Å². The first-order valence-corrected chi connectivity index (χ1v) is 6.83. The fourth-order valence-electron chi connectivity index (χ4n) is 2.46. The number of carboxylic acids is 1. The first kappa shape index (κ1) is 13.5. The molecule has 1 unspecified atom stereocenters. The van der Waals surface area contributed by atoms with Crippen LogP contribution in [0, 0.1) is 19.8 Å². The Bertz CT molecular complexity index is 733. The highest BCUT2D eigenvalue weighted by molar-refractivity contribution is 6.01. The Morgan fingerprint density at radius 3 is 2.76 bits per heavy atom. The second-order valence-corrected chi connectivity index (χ2v) is 5.46. The van der Waals surface area contributed by atoms with Crippen molar-refractivity contribution in [3.05, 3.63) is 29.2 Å². The maximum Gasteiger partial charge on any atom is 0.326 e. The van der Waals surface area contributed by atoms with E-state index < -0.39 is 17.9 Å². The van der Waals surface area contributed by atoms with Gasteiger partial charge in [-0.1, -0.05) is 0 Å². The zero-order valence-electron chi connectivity index (χ0n) is 11.8. The number of carbonyl (C=O) groups excluding carboxylic acids is 1. The number of hydrogen-bond donors (Lipinski definition) is 2. The number of rotatable bonds is 4. The van der Waals surface area contributed by atoms with Crippen LogP contribution in [0.4, 0.5) is 0 Å². The van der Waals surface area contributed by atoms with Crippen molar-refractivity contribution in [2.24, 2.45) is 5.92 Å². The zero-order chi connectivity index (χ0) is 15.1. The van der Waals surface area contributed by atoms with Crippen molar-refractivity contribution in [1.82, 2.24) is 19.9 Å². The molecule has 7 nitrogen and oxygen atoms in total. The molecule has 0 aliphatic heterocycles. The Balaban J connectivity index is 1.92. The van der Waals surface area contributed by atoms with Crippen molar-refractivity contribution < 1.29 is 14.7 Å². The number of nitrogens with zero attached hydrogens (tertiary/aromatic N) is 3. The molecule has 1 amide bonds. The zero-order valence-corrected chi connectivity index (χ0v) is 11.8. The van der Waals surface area contributed by atoms with Crippen LogP contribution in [-0.2, 0) is 4.79 Å². The summed E-state index contributed by atoms with van der Waals surface area (Å²) in [4.78, 5) is 27.9. The number of aromatic nitrogens is 3. The van der Waals surface area contributed by atoms with E-state index in [1.165, 1.54) is 6.20 Å². The normalized spacial score (nSPS) is 15.9. The van der Waals surface area contributed by atoms with Crippen LogP contribution in [0.25, 0.3) is 5.65 Å². The maximum atomic E-state index is 12.3. The molecule has 21 heavy (non-hydrogen) atoms. The summed E-state index contributed by atoms with van der Waals surface area (Å²) in [7, 11) is 0. The molecule has 0 spiro atoms. The standard InChI is InChI=1S/C14H16N4O3/c1-7-5-8(2)18-12(16-7)10(6-15-18)13(19)17-11(14(20)21)9-3-4-9/h5-6,9,11H,3-4H2,1-2H3,(H,17,19)(H,20,21). The average molecular weight is 288 g/mol. The van der Waals surface area contributed by atoms with E-state index in [9.17, 15) is 14.7 Å². The number of amides is 1. The quantitative estimate of drug-likeness (QED) is 0.872. The van der Waals surface area contributed by atoms with Crippen molar-refractivity contribution >= 4 is 17.5 Å². The maximum absolute atomic E-state index is 12.3. The number of nitrogens with one attached hydrogen (secondary N) is 1. The highest BCUT2D eigenvalue weighted by atomic mass is 16.4. The minimum Gasteiger partial charge on any atom is -0.480 e. The van der Waals surface area contributed by atoms with E-state index in [0.29, 0.717) is 11.2 Å². The van der Waals surface area contributed by atoms with E-state index in [0.717, 1.165) is 24.2 Å². The van der Waals surface area contributed by atoms with Crippen LogP contribution in [0.3, 0.4) is 0 Å². The molecule has 1 saturated carbocycles. The Hall–Kier alpha value is -2.44. The van der Waals surface area contributed by atoms with Crippen LogP contribution in [-0.4, -0.2) is 37.6 Å². The molecule has 1 aliphatic carbocycles. The average Bonchev–Trinajstić information content (AvgIpc) is 3.14. The van der Waals surface area contributed by atoms with Crippen molar-refractivity contribution in [1.29, 1.82) is 0 Å². The molecule has 1 atom stereocenters. The Morgan fingerprint density at radius 2 is 2.14 bits per heavy atom. The second kappa shape index (κ2) is 4.83. The molecule has 110 valence electrons. The van der Waals surface area contributed by atoms with Crippen LogP contribution in [0.15, 0.2) is 12.3 Å². The van der Waals surface area contributed by atoms with Crippen molar-refractivity contribution in [2.75, 3.05) is 0 Å². The first-order chi connectivity index (χ1) is 9.97. The van der Waals surface area contributed by atoms with Gasteiger partial charge in [-0.2, -0.15) is 5.10 Å². The van der Waals surface area contributed by atoms with Crippen LogP contribution in [0.2, 0.25) is 0 Å². The minimum atomic E-state index is -0.998. The number of carboxylic acid groups (broad SMARTS) is 1. The molecular weight excluding hydrogens is 272 g/mol. The van der Waals surface area contributed by atoms with Gasteiger partial charge in [0.25, 0.3) is 5.91 Å². The fourth-order valence-corrected chi connectivity index (χ4v) is 2.46. The molecule has 0 bridgehead atoms. The lowest BCUT2D eigenvalue weighted by molar-refractivity contribution is -0.139. The molecule has 0 aromatic carbocycles. The van der Waals surface area contributed by atoms with Gasteiger partial charge in [0, 0.05) is 11.4 Å². The monoisotopic (exact) mass is 288 g/mol. The topological polar surface area (TPSA) is 96.6 Å². The summed E-state index contributed by atoms with van der Waals surface area (Å²) in [5, 5.41) is 15.9. The summed E-state index contributed by atoms with van der Waals surface area (Å²) in [6, 6.07) is 1.03. The highest BCUT2D eigenvalue weighted by Crippen LogP contribution is 2.33. The van der Waals surface area contributed by atoms with Gasteiger partial charge in [-0.25, -0.2) is 14.3 Å². The Morgan fingerprint density at radius 1 is 1.43 bits per heavy atom. The van der Waals surface area contributed by atoms with Crippen molar-refractivity contribution in [3.63, 3.8) is 0 Å². The van der Waals surface area contributed by atoms with Gasteiger partial charge < -0.3 is 10.4 Å². The van der Waals surface area contributed by atoms with Gasteiger partial charge in [0.2, 0.25) is 0 Å². The first-order valence-electron chi connectivity index (χ1n) is 6.83. The summed E-state index contributed by atoms with van der Waals surface area (Å²) in [5.74, 6) is -1.41. The van der Waals surface area contributed by atoms with E-state index in [-0.39, 0.29) is 5.92 Å². The minimum absolute atomic E-state index is 0.0321. The van der Waals surface area contributed by atoms with Gasteiger partial charge in [-0.15, -0.1) is 0 Å². The summed E-state index contributed by atoms with van der Waals surface area (Å²) in [6.45, 7) is 3.71. The molecule has 2 heterocycles. The number of carbonyl (C=O) groups is 2. The van der Waals surface area contributed by atoms with E-state index in [2.05, 4.69) is 15.4 Å². The van der Waals surface area contributed by atoms with Crippen LogP contribution < -0.4 is 5.32 Å². The molecule has 7 heteroatoms. The van der Waals surface area contributed by atoms with Crippen molar-refractivity contribution in [3.8, 4) is 0 Å². The summed E-state index contributed by atoms with van der Waals surface area (Å²) >= 11 is 0. The Kier molecular flexibility index (Phi) is 3.12. The van der Waals surface area contributed by atoms with Gasteiger partial charge in [0.15, 0.2) is 5.65 Å². The SMILES string of the molecule is Cc1cc(C)n2ncc(C(=O)NC(C(=O)O)C3CC3)c2n1. The van der Waals surface area contributed by atoms with Crippen LogP contribution >= 0.6 is 0 Å². The molecule has 2 aromatic heterocycles. The summed E-state index contributed by atoms with van der Waals surface area (Å²) in [5.41, 5.74) is 2.40. The third-order valence-corrected chi connectivity index (χ3v) is 3.67. The number of aliphatic carboxylic acids is 1. The fraction of sp³-hybridized carbons (Fsp3) is 0.429. The lowest BCUT2D eigenvalue weighted by atomic mass is 10.1. The second-order valence-electron chi connectivity index (χ2n) is 5.46. The molecule has 1 fully saturated rings. The third-order valence-electron chi connectivity index (χ3n) is 3.67. The number of aryl methyl sites for hydroxylation is 2. The third kappa shape index (κ3) is 2.46. The number of fused-ring (bicyclic) bond motifs is 1. The predicted octanol–water partition coefficient (Wildman–Crippen LogP) is 0.939.